The Balaban J connectivity index is 1.69. The quantitative estimate of drug-likeness (QED) is 0.874. The highest BCUT2D eigenvalue weighted by Gasteiger charge is 2.34. The minimum absolute atomic E-state index is 0.146. The number of piperidine rings is 1. The summed E-state index contributed by atoms with van der Waals surface area (Å²) in [5, 5.41) is 2.60. The molecule has 7 nitrogen and oxygen atoms in total. The van der Waals surface area contributed by atoms with Crippen LogP contribution in [-0.2, 0) is 19.6 Å². The molecule has 1 aromatic rings. The average molecular weight is 365 g/mol. The molecule has 0 atom stereocenters. The van der Waals surface area contributed by atoms with Crippen LogP contribution in [-0.4, -0.2) is 55.1 Å². The summed E-state index contributed by atoms with van der Waals surface area (Å²) in [5.74, 6) is -0.0602. The van der Waals surface area contributed by atoms with Crippen LogP contribution in [0.3, 0.4) is 0 Å². The highest BCUT2D eigenvalue weighted by Crippen LogP contribution is 2.26. The SMILES string of the molecule is CC(=O)Nc1cccc(S(=O)(=O)N2CCC(N3CCCC3=O)CC2)c1. The van der Waals surface area contributed by atoms with Gasteiger partial charge in [0.1, 0.15) is 0 Å². The van der Waals surface area contributed by atoms with Crippen LogP contribution < -0.4 is 5.32 Å². The number of nitrogens with zero attached hydrogens (tertiary/aromatic N) is 2. The maximum atomic E-state index is 12.9. The summed E-state index contributed by atoms with van der Waals surface area (Å²) in [7, 11) is -3.60. The molecule has 0 saturated carbocycles. The van der Waals surface area contributed by atoms with E-state index in [1.54, 1.807) is 12.1 Å². The Labute approximate surface area is 148 Å². The molecule has 3 rings (SSSR count). The second-order valence-electron chi connectivity index (χ2n) is 6.53. The van der Waals surface area contributed by atoms with Crippen molar-refractivity contribution in [3.8, 4) is 0 Å². The van der Waals surface area contributed by atoms with Gasteiger partial charge in [0.05, 0.1) is 4.90 Å². The summed E-state index contributed by atoms with van der Waals surface area (Å²) < 4.78 is 27.2. The number of amides is 2. The molecular formula is C17H23N3O4S. The fourth-order valence-corrected chi connectivity index (χ4v) is 5.05. The molecule has 1 N–H and O–H groups in total. The van der Waals surface area contributed by atoms with Crippen LogP contribution in [0.2, 0.25) is 0 Å². The maximum Gasteiger partial charge on any atom is 0.243 e. The van der Waals surface area contributed by atoms with Gasteiger partial charge in [0.2, 0.25) is 21.8 Å². The Morgan fingerprint density at radius 3 is 2.52 bits per heavy atom. The normalized spacial score (nSPS) is 20.0. The fourth-order valence-electron chi connectivity index (χ4n) is 3.54. The van der Waals surface area contributed by atoms with Gasteiger partial charge in [-0.1, -0.05) is 6.07 Å². The number of likely N-dealkylation sites (tertiary alicyclic amines) is 1. The standard InChI is InChI=1S/C17H23N3O4S/c1-13(21)18-14-4-2-5-16(12-14)25(23,24)19-10-7-15(8-11-19)20-9-3-6-17(20)22/h2,4-5,12,15H,3,6-11H2,1H3,(H,18,21). The van der Waals surface area contributed by atoms with Crippen molar-refractivity contribution in [2.75, 3.05) is 25.0 Å². The van der Waals surface area contributed by atoms with Gasteiger partial charge < -0.3 is 10.2 Å². The topological polar surface area (TPSA) is 86.8 Å². The lowest BCUT2D eigenvalue weighted by Gasteiger charge is -2.36. The first-order chi connectivity index (χ1) is 11.9. The fraction of sp³-hybridized carbons (Fsp3) is 0.529. The Kier molecular flexibility index (Phi) is 5.10. The predicted molar refractivity (Wildman–Crippen MR) is 93.5 cm³/mol. The molecule has 2 aliphatic rings. The molecule has 0 aliphatic carbocycles. The number of rotatable bonds is 4. The molecule has 8 heteroatoms. The third-order valence-electron chi connectivity index (χ3n) is 4.77. The summed E-state index contributed by atoms with van der Waals surface area (Å²) in [5.41, 5.74) is 0.464. The van der Waals surface area contributed by atoms with Crippen molar-refractivity contribution in [1.29, 1.82) is 0 Å². The molecular weight excluding hydrogens is 342 g/mol. The van der Waals surface area contributed by atoms with Crippen LogP contribution >= 0.6 is 0 Å². The Morgan fingerprint density at radius 1 is 1.20 bits per heavy atom. The lowest BCUT2D eigenvalue weighted by atomic mass is 10.1. The molecule has 2 fully saturated rings. The van der Waals surface area contributed by atoms with Crippen LogP contribution in [0.1, 0.15) is 32.6 Å². The first-order valence-electron chi connectivity index (χ1n) is 8.55. The van der Waals surface area contributed by atoms with E-state index in [-0.39, 0.29) is 22.8 Å². The lowest BCUT2D eigenvalue weighted by Crippen LogP contribution is -2.47. The van der Waals surface area contributed by atoms with E-state index in [1.165, 1.54) is 23.4 Å². The summed E-state index contributed by atoms with van der Waals surface area (Å²) >= 11 is 0. The lowest BCUT2D eigenvalue weighted by molar-refractivity contribution is -0.130. The van der Waals surface area contributed by atoms with E-state index in [0.29, 0.717) is 38.0 Å². The molecule has 1 aromatic carbocycles. The Bertz CT molecular complexity index is 770. The maximum absolute atomic E-state index is 12.9. The summed E-state index contributed by atoms with van der Waals surface area (Å²) in [6.45, 7) is 2.98. The van der Waals surface area contributed by atoms with Gasteiger partial charge >= 0.3 is 0 Å². The highest BCUT2D eigenvalue weighted by molar-refractivity contribution is 7.89. The van der Waals surface area contributed by atoms with Crippen molar-refractivity contribution < 1.29 is 18.0 Å². The molecule has 2 aliphatic heterocycles. The van der Waals surface area contributed by atoms with E-state index in [0.717, 1.165) is 13.0 Å². The Morgan fingerprint density at radius 2 is 1.92 bits per heavy atom. The van der Waals surface area contributed by atoms with E-state index < -0.39 is 10.0 Å². The molecule has 0 aromatic heterocycles. The molecule has 2 saturated heterocycles. The van der Waals surface area contributed by atoms with Gasteiger partial charge in [-0.2, -0.15) is 4.31 Å². The van der Waals surface area contributed by atoms with Gasteiger partial charge in [-0.05, 0) is 37.5 Å². The number of hydrogen-bond acceptors (Lipinski definition) is 4. The van der Waals surface area contributed by atoms with E-state index >= 15 is 0 Å². The van der Waals surface area contributed by atoms with Crippen LogP contribution in [0.15, 0.2) is 29.2 Å². The molecule has 0 radical (unpaired) electrons. The van der Waals surface area contributed by atoms with Crippen molar-refractivity contribution >= 4 is 27.5 Å². The van der Waals surface area contributed by atoms with Gasteiger partial charge in [0.15, 0.2) is 0 Å². The number of nitrogens with one attached hydrogen (secondary N) is 1. The molecule has 0 bridgehead atoms. The largest absolute Gasteiger partial charge is 0.340 e. The zero-order chi connectivity index (χ0) is 18.0. The van der Waals surface area contributed by atoms with Gasteiger partial charge in [-0.15, -0.1) is 0 Å². The second-order valence-corrected chi connectivity index (χ2v) is 8.47. The zero-order valence-electron chi connectivity index (χ0n) is 14.3. The highest BCUT2D eigenvalue weighted by atomic mass is 32.2. The van der Waals surface area contributed by atoms with Crippen molar-refractivity contribution in [2.24, 2.45) is 0 Å². The first kappa shape index (κ1) is 17.9. The minimum atomic E-state index is -3.60. The van der Waals surface area contributed by atoms with Crippen molar-refractivity contribution in [3.05, 3.63) is 24.3 Å². The zero-order valence-corrected chi connectivity index (χ0v) is 15.1. The average Bonchev–Trinajstić information content (AvgIpc) is 3.01. The van der Waals surface area contributed by atoms with Crippen molar-refractivity contribution in [3.63, 3.8) is 0 Å². The van der Waals surface area contributed by atoms with Gasteiger partial charge in [-0.25, -0.2) is 8.42 Å². The number of carbonyl (C=O) groups is 2. The Hall–Kier alpha value is -1.93. The van der Waals surface area contributed by atoms with Crippen LogP contribution in [0.25, 0.3) is 0 Å². The summed E-state index contributed by atoms with van der Waals surface area (Å²) in [6, 6.07) is 6.44. The monoisotopic (exact) mass is 365 g/mol. The molecule has 0 spiro atoms. The van der Waals surface area contributed by atoms with Gasteiger partial charge in [-0.3, -0.25) is 9.59 Å². The number of benzene rings is 1. The van der Waals surface area contributed by atoms with Crippen LogP contribution in [0.5, 0.6) is 0 Å². The van der Waals surface area contributed by atoms with E-state index in [4.69, 9.17) is 0 Å². The third kappa shape index (κ3) is 3.85. The van der Waals surface area contributed by atoms with Crippen LogP contribution in [0.4, 0.5) is 5.69 Å². The number of hydrogen-bond donors (Lipinski definition) is 1. The number of sulfonamides is 1. The summed E-state index contributed by atoms with van der Waals surface area (Å²) in [6.07, 6.45) is 2.83. The van der Waals surface area contributed by atoms with Crippen LogP contribution in [0, 0.1) is 0 Å². The molecule has 25 heavy (non-hydrogen) atoms. The van der Waals surface area contributed by atoms with E-state index in [2.05, 4.69) is 5.32 Å². The molecule has 2 amide bonds. The smallest absolute Gasteiger partial charge is 0.243 e. The molecule has 2 heterocycles. The minimum Gasteiger partial charge on any atom is -0.340 e. The summed E-state index contributed by atoms with van der Waals surface area (Å²) in [4.78, 5) is 25.1. The van der Waals surface area contributed by atoms with E-state index in [1.807, 2.05) is 4.90 Å². The van der Waals surface area contributed by atoms with Crippen molar-refractivity contribution in [2.45, 2.75) is 43.5 Å². The second kappa shape index (κ2) is 7.13. The first-order valence-corrected chi connectivity index (χ1v) is 9.99. The molecule has 136 valence electrons. The van der Waals surface area contributed by atoms with Crippen molar-refractivity contribution in [1.82, 2.24) is 9.21 Å². The molecule has 0 unspecified atom stereocenters. The van der Waals surface area contributed by atoms with Gasteiger partial charge in [0, 0.05) is 44.7 Å². The number of anilines is 1. The van der Waals surface area contributed by atoms with Gasteiger partial charge in [0.25, 0.3) is 0 Å². The van der Waals surface area contributed by atoms with E-state index in [9.17, 15) is 18.0 Å². The third-order valence-corrected chi connectivity index (χ3v) is 6.66. The predicted octanol–water partition coefficient (Wildman–Crippen LogP) is 1.42. The number of carbonyl (C=O) groups excluding carboxylic acids is 2.